The van der Waals surface area contributed by atoms with Crippen molar-refractivity contribution in [3.63, 3.8) is 0 Å². The molecule has 0 radical (unpaired) electrons. The maximum Gasteiger partial charge on any atom is 0.123 e. The SMILES string of the molecule is CCCNC1CCC(C)(Cc2cc(F)ccc2Cl)C1. The zero-order valence-corrected chi connectivity index (χ0v) is 12.6. The largest absolute Gasteiger partial charge is 0.314 e. The van der Waals surface area contributed by atoms with E-state index in [-0.39, 0.29) is 11.2 Å². The third-order valence-corrected chi connectivity index (χ3v) is 4.51. The van der Waals surface area contributed by atoms with Gasteiger partial charge in [0.2, 0.25) is 0 Å². The van der Waals surface area contributed by atoms with E-state index >= 15 is 0 Å². The van der Waals surface area contributed by atoms with Crippen LogP contribution in [0, 0.1) is 11.2 Å². The zero-order chi connectivity index (χ0) is 13.9. The van der Waals surface area contributed by atoms with E-state index in [4.69, 9.17) is 11.6 Å². The minimum absolute atomic E-state index is 0.193. The molecule has 1 aliphatic carbocycles. The summed E-state index contributed by atoms with van der Waals surface area (Å²) in [5, 5.41) is 4.28. The third kappa shape index (κ3) is 3.93. The fraction of sp³-hybridized carbons (Fsp3) is 0.625. The van der Waals surface area contributed by atoms with Crippen molar-refractivity contribution in [2.75, 3.05) is 6.54 Å². The predicted octanol–water partition coefficient (Wildman–Crippen LogP) is 4.58. The Morgan fingerprint density at radius 1 is 1.47 bits per heavy atom. The highest BCUT2D eigenvalue weighted by Crippen LogP contribution is 2.41. The summed E-state index contributed by atoms with van der Waals surface area (Å²) in [4.78, 5) is 0. The third-order valence-electron chi connectivity index (χ3n) is 4.14. The van der Waals surface area contributed by atoms with Crippen LogP contribution in [0.4, 0.5) is 4.39 Å². The topological polar surface area (TPSA) is 12.0 Å². The van der Waals surface area contributed by atoms with Crippen LogP contribution >= 0.6 is 11.6 Å². The molecule has 1 aliphatic rings. The lowest BCUT2D eigenvalue weighted by Gasteiger charge is -2.25. The number of nitrogens with one attached hydrogen (secondary N) is 1. The minimum atomic E-state index is -0.193. The van der Waals surface area contributed by atoms with Gasteiger partial charge in [0.25, 0.3) is 0 Å². The van der Waals surface area contributed by atoms with E-state index in [1.54, 1.807) is 12.1 Å². The van der Waals surface area contributed by atoms with Crippen molar-refractivity contribution >= 4 is 11.6 Å². The molecule has 0 amide bonds. The summed E-state index contributed by atoms with van der Waals surface area (Å²) < 4.78 is 13.3. The van der Waals surface area contributed by atoms with Gasteiger partial charge in [0.1, 0.15) is 5.82 Å². The van der Waals surface area contributed by atoms with Gasteiger partial charge in [-0.2, -0.15) is 0 Å². The first-order valence-corrected chi connectivity index (χ1v) is 7.57. The second kappa shape index (κ2) is 6.23. The Bertz CT molecular complexity index is 435. The molecule has 2 rings (SSSR count). The highest BCUT2D eigenvalue weighted by Gasteiger charge is 2.35. The Hall–Kier alpha value is -0.600. The average molecular weight is 284 g/mol. The second-order valence-electron chi connectivity index (χ2n) is 6.12. The van der Waals surface area contributed by atoms with Gasteiger partial charge in [-0.3, -0.25) is 0 Å². The molecular formula is C16H23ClFN. The first kappa shape index (κ1) is 14.8. The van der Waals surface area contributed by atoms with Gasteiger partial charge in [-0.05, 0) is 67.8 Å². The maximum absolute atomic E-state index is 13.3. The molecule has 2 atom stereocenters. The second-order valence-corrected chi connectivity index (χ2v) is 6.52. The van der Waals surface area contributed by atoms with Crippen molar-refractivity contribution in [2.24, 2.45) is 5.41 Å². The minimum Gasteiger partial charge on any atom is -0.314 e. The summed E-state index contributed by atoms with van der Waals surface area (Å²) in [5.41, 5.74) is 1.18. The lowest BCUT2D eigenvalue weighted by Crippen LogP contribution is -2.29. The number of hydrogen-bond acceptors (Lipinski definition) is 1. The Labute approximate surface area is 120 Å². The molecule has 1 nitrogen and oxygen atoms in total. The van der Waals surface area contributed by atoms with Crippen LogP contribution in [-0.4, -0.2) is 12.6 Å². The first-order chi connectivity index (χ1) is 9.02. The zero-order valence-electron chi connectivity index (χ0n) is 11.8. The van der Waals surface area contributed by atoms with Crippen molar-refractivity contribution in [3.05, 3.63) is 34.6 Å². The predicted molar refractivity (Wildman–Crippen MR) is 79.2 cm³/mol. The molecule has 0 aromatic heterocycles. The lowest BCUT2D eigenvalue weighted by atomic mass is 9.82. The fourth-order valence-electron chi connectivity index (χ4n) is 3.14. The van der Waals surface area contributed by atoms with Gasteiger partial charge in [0.05, 0.1) is 0 Å². The molecule has 106 valence electrons. The van der Waals surface area contributed by atoms with E-state index in [1.807, 2.05) is 0 Å². The van der Waals surface area contributed by atoms with Crippen molar-refractivity contribution < 1.29 is 4.39 Å². The van der Waals surface area contributed by atoms with Crippen molar-refractivity contribution in [2.45, 2.75) is 52.0 Å². The standard InChI is InChI=1S/C16H23ClFN/c1-3-8-19-14-6-7-16(2,11-14)10-12-9-13(18)4-5-15(12)17/h4-5,9,14,19H,3,6-8,10-11H2,1-2H3. The van der Waals surface area contributed by atoms with Gasteiger partial charge < -0.3 is 5.32 Å². The average Bonchev–Trinajstić information content (AvgIpc) is 2.73. The molecule has 2 unspecified atom stereocenters. The van der Waals surface area contributed by atoms with Crippen LogP contribution in [0.2, 0.25) is 5.02 Å². The maximum atomic E-state index is 13.3. The Morgan fingerprint density at radius 2 is 2.26 bits per heavy atom. The molecule has 0 saturated heterocycles. The first-order valence-electron chi connectivity index (χ1n) is 7.20. The Kier molecular flexibility index (Phi) is 4.86. The number of benzene rings is 1. The molecule has 0 spiro atoms. The van der Waals surface area contributed by atoms with Gasteiger partial charge in [-0.15, -0.1) is 0 Å². The molecule has 0 bridgehead atoms. The number of halogens is 2. The van der Waals surface area contributed by atoms with E-state index in [0.717, 1.165) is 24.9 Å². The van der Waals surface area contributed by atoms with Gasteiger partial charge >= 0.3 is 0 Å². The van der Waals surface area contributed by atoms with Crippen LogP contribution in [0.3, 0.4) is 0 Å². The van der Waals surface area contributed by atoms with E-state index < -0.39 is 0 Å². The van der Waals surface area contributed by atoms with Gasteiger partial charge in [0, 0.05) is 11.1 Å². The smallest absolute Gasteiger partial charge is 0.123 e. The van der Waals surface area contributed by atoms with E-state index in [9.17, 15) is 4.39 Å². The summed E-state index contributed by atoms with van der Waals surface area (Å²) in [5.74, 6) is -0.193. The van der Waals surface area contributed by atoms with Crippen LogP contribution in [-0.2, 0) is 6.42 Å². The van der Waals surface area contributed by atoms with Crippen molar-refractivity contribution in [1.82, 2.24) is 5.32 Å². The molecule has 1 N–H and O–H groups in total. The van der Waals surface area contributed by atoms with Crippen molar-refractivity contribution in [3.8, 4) is 0 Å². The van der Waals surface area contributed by atoms with E-state index in [2.05, 4.69) is 19.2 Å². The Balaban J connectivity index is 2.00. The summed E-state index contributed by atoms with van der Waals surface area (Å²) in [6, 6.07) is 5.28. The van der Waals surface area contributed by atoms with Crippen LogP contribution in [0.1, 0.15) is 45.1 Å². The molecule has 1 aromatic rings. The summed E-state index contributed by atoms with van der Waals surface area (Å²) in [7, 11) is 0. The molecule has 0 heterocycles. The van der Waals surface area contributed by atoms with Crippen LogP contribution in [0.5, 0.6) is 0 Å². The fourth-order valence-corrected chi connectivity index (χ4v) is 3.33. The Morgan fingerprint density at radius 3 is 3.00 bits per heavy atom. The van der Waals surface area contributed by atoms with Gasteiger partial charge in [0.15, 0.2) is 0 Å². The quantitative estimate of drug-likeness (QED) is 0.834. The van der Waals surface area contributed by atoms with Crippen molar-refractivity contribution in [1.29, 1.82) is 0 Å². The normalized spacial score (nSPS) is 26.8. The van der Waals surface area contributed by atoms with Gasteiger partial charge in [-0.25, -0.2) is 4.39 Å². The van der Waals surface area contributed by atoms with Crippen LogP contribution in [0.25, 0.3) is 0 Å². The monoisotopic (exact) mass is 283 g/mol. The van der Waals surface area contributed by atoms with Gasteiger partial charge in [-0.1, -0.05) is 25.4 Å². The highest BCUT2D eigenvalue weighted by atomic mass is 35.5. The summed E-state index contributed by atoms with van der Waals surface area (Å²) in [6.45, 7) is 5.57. The lowest BCUT2D eigenvalue weighted by molar-refractivity contribution is 0.321. The van der Waals surface area contributed by atoms with Crippen LogP contribution in [0.15, 0.2) is 18.2 Å². The molecule has 19 heavy (non-hydrogen) atoms. The molecule has 1 fully saturated rings. The molecule has 0 aliphatic heterocycles. The summed E-state index contributed by atoms with van der Waals surface area (Å²) >= 11 is 6.17. The molecule has 3 heteroatoms. The number of hydrogen-bond donors (Lipinski definition) is 1. The van der Waals surface area contributed by atoms with E-state index in [1.165, 1.54) is 25.3 Å². The highest BCUT2D eigenvalue weighted by molar-refractivity contribution is 6.31. The molecule has 1 aromatic carbocycles. The van der Waals surface area contributed by atoms with E-state index in [0.29, 0.717) is 11.1 Å². The molecular weight excluding hydrogens is 261 g/mol. The molecule has 1 saturated carbocycles. The number of rotatable bonds is 5. The summed E-state index contributed by atoms with van der Waals surface area (Å²) in [6.07, 6.45) is 5.58. The van der Waals surface area contributed by atoms with Crippen LogP contribution < -0.4 is 5.32 Å².